The van der Waals surface area contributed by atoms with Crippen LogP contribution in [-0.4, -0.2) is 54.4 Å². The van der Waals surface area contributed by atoms with Crippen molar-refractivity contribution in [2.24, 2.45) is 5.41 Å². The maximum Gasteiger partial charge on any atom is 0.122 e. The minimum absolute atomic E-state index is 0.515. The van der Waals surface area contributed by atoms with E-state index in [0.29, 0.717) is 11.3 Å². The molecule has 3 aliphatic rings. The van der Waals surface area contributed by atoms with Gasteiger partial charge in [-0.2, -0.15) is 10.2 Å². The number of hydrogen-bond donors (Lipinski definition) is 0. The molecule has 0 radical (unpaired) electrons. The molecule has 1 atom stereocenters. The van der Waals surface area contributed by atoms with Crippen LogP contribution < -0.4 is 9.64 Å². The summed E-state index contributed by atoms with van der Waals surface area (Å²) in [6.07, 6.45) is 10.1. The van der Waals surface area contributed by atoms with Gasteiger partial charge in [0.15, 0.2) is 0 Å². The number of anilines is 1. The van der Waals surface area contributed by atoms with Gasteiger partial charge in [0.1, 0.15) is 5.75 Å². The van der Waals surface area contributed by atoms with E-state index in [0.717, 1.165) is 16.8 Å². The van der Waals surface area contributed by atoms with Crippen molar-refractivity contribution in [3.63, 3.8) is 0 Å². The van der Waals surface area contributed by atoms with E-state index in [1.54, 1.807) is 13.3 Å². The summed E-state index contributed by atoms with van der Waals surface area (Å²) in [6.45, 7) is 4.70. The van der Waals surface area contributed by atoms with Gasteiger partial charge in [-0.05, 0) is 80.9 Å². The highest BCUT2D eigenvalue weighted by Crippen LogP contribution is 2.49. The Labute approximate surface area is 178 Å². The quantitative estimate of drug-likeness (QED) is 0.745. The summed E-state index contributed by atoms with van der Waals surface area (Å²) in [4.78, 5) is 5.20. The standard InChI is InChI=1S/C23H29ClN4O/c1-29-22-3-2-18(24)12-21(22)17-6-10-27(11-7-17)19-4-8-23(13-19)15-28(16-23)20-5-9-25-26-14-20/h2-3,5,9,12,14,17,19H,4,6-8,10-11,13,15-16H2,1H3/t19-/m1/s1. The van der Waals surface area contributed by atoms with E-state index in [9.17, 15) is 0 Å². The number of benzene rings is 1. The highest BCUT2D eigenvalue weighted by molar-refractivity contribution is 6.30. The second-order valence-corrected chi connectivity index (χ2v) is 9.49. The summed E-state index contributed by atoms with van der Waals surface area (Å²) in [6, 6.07) is 8.84. The molecule has 3 heterocycles. The molecule has 1 aromatic carbocycles. The minimum atomic E-state index is 0.515. The average molecular weight is 413 g/mol. The van der Waals surface area contributed by atoms with Crippen molar-refractivity contribution >= 4 is 17.3 Å². The first kappa shape index (κ1) is 19.1. The van der Waals surface area contributed by atoms with Crippen LogP contribution in [0.2, 0.25) is 5.02 Å². The number of aromatic nitrogens is 2. The van der Waals surface area contributed by atoms with Crippen molar-refractivity contribution in [1.82, 2.24) is 15.1 Å². The van der Waals surface area contributed by atoms with Crippen LogP contribution in [0.1, 0.15) is 43.6 Å². The summed E-state index contributed by atoms with van der Waals surface area (Å²) < 4.78 is 5.59. The highest BCUT2D eigenvalue weighted by Gasteiger charge is 2.49. The highest BCUT2D eigenvalue weighted by atomic mass is 35.5. The third-order valence-corrected chi connectivity index (χ3v) is 7.58. The van der Waals surface area contributed by atoms with Gasteiger partial charge in [0.25, 0.3) is 0 Å². The lowest BCUT2D eigenvalue weighted by Gasteiger charge is -2.50. The van der Waals surface area contributed by atoms with Crippen LogP contribution >= 0.6 is 11.6 Å². The molecule has 154 valence electrons. The Balaban J connectivity index is 1.16. The zero-order valence-electron chi connectivity index (χ0n) is 17.1. The second-order valence-electron chi connectivity index (χ2n) is 9.05. The Hall–Kier alpha value is -1.85. The maximum atomic E-state index is 6.26. The lowest BCUT2D eigenvalue weighted by atomic mass is 9.77. The number of rotatable bonds is 4. The van der Waals surface area contributed by atoms with E-state index in [-0.39, 0.29) is 0 Å². The van der Waals surface area contributed by atoms with Crippen molar-refractivity contribution in [2.75, 3.05) is 38.2 Å². The zero-order valence-corrected chi connectivity index (χ0v) is 17.8. The van der Waals surface area contributed by atoms with Crippen LogP contribution in [0.15, 0.2) is 36.7 Å². The third-order valence-electron chi connectivity index (χ3n) is 7.34. The summed E-state index contributed by atoms with van der Waals surface area (Å²) in [7, 11) is 1.75. The molecule has 3 fully saturated rings. The van der Waals surface area contributed by atoms with Gasteiger partial charge >= 0.3 is 0 Å². The third kappa shape index (κ3) is 3.71. The number of hydrogen-bond acceptors (Lipinski definition) is 5. The number of likely N-dealkylation sites (tertiary alicyclic amines) is 1. The van der Waals surface area contributed by atoms with E-state index in [1.807, 2.05) is 18.3 Å². The molecule has 1 aliphatic carbocycles. The molecule has 0 unspecified atom stereocenters. The molecular formula is C23H29ClN4O. The molecule has 1 spiro atoms. The van der Waals surface area contributed by atoms with E-state index < -0.39 is 0 Å². The molecule has 1 aromatic heterocycles. The fraction of sp³-hybridized carbons (Fsp3) is 0.565. The Morgan fingerprint density at radius 1 is 1.10 bits per heavy atom. The molecule has 2 saturated heterocycles. The van der Waals surface area contributed by atoms with Crippen molar-refractivity contribution < 1.29 is 4.74 Å². The Bertz CT molecular complexity index is 847. The van der Waals surface area contributed by atoms with Gasteiger partial charge in [0.05, 0.1) is 25.2 Å². The van der Waals surface area contributed by atoms with Crippen LogP contribution in [0.5, 0.6) is 5.75 Å². The summed E-state index contributed by atoms with van der Waals surface area (Å²) in [5.41, 5.74) is 3.01. The van der Waals surface area contributed by atoms with Crippen molar-refractivity contribution in [1.29, 1.82) is 0 Å². The summed E-state index contributed by atoms with van der Waals surface area (Å²) >= 11 is 6.26. The van der Waals surface area contributed by atoms with Gasteiger partial charge in [-0.3, -0.25) is 0 Å². The smallest absolute Gasteiger partial charge is 0.122 e. The number of methoxy groups -OCH3 is 1. The normalized spacial score (nSPS) is 24.6. The average Bonchev–Trinajstić information content (AvgIpc) is 3.19. The van der Waals surface area contributed by atoms with Crippen LogP contribution in [0.25, 0.3) is 0 Å². The molecule has 0 amide bonds. The Morgan fingerprint density at radius 2 is 1.93 bits per heavy atom. The van der Waals surface area contributed by atoms with Crippen molar-refractivity contribution in [3.05, 3.63) is 47.2 Å². The fourth-order valence-corrected chi connectivity index (χ4v) is 5.97. The molecule has 5 nitrogen and oxygen atoms in total. The predicted molar refractivity (Wildman–Crippen MR) is 116 cm³/mol. The second kappa shape index (κ2) is 7.77. The lowest BCUT2D eigenvalue weighted by molar-refractivity contribution is 0.131. The SMILES string of the molecule is COc1ccc(Cl)cc1C1CCN([C@@H]2CCC3(C2)CN(c2ccnnc2)C3)CC1. The van der Waals surface area contributed by atoms with E-state index in [1.165, 1.54) is 69.5 Å². The molecule has 5 rings (SSSR count). The zero-order chi connectivity index (χ0) is 19.8. The largest absolute Gasteiger partial charge is 0.496 e. The predicted octanol–water partition coefficient (Wildman–Crippen LogP) is 4.38. The van der Waals surface area contributed by atoms with Gasteiger partial charge < -0.3 is 14.5 Å². The van der Waals surface area contributed by atoms with E-state index in [4.69, 9.17) is 16.3 Å². The van der Waals surface area contributed by atoms with Gasteiger partial charge in [0.2, 0.25) is 0 Å². The summed E-state index contributed by atoms with van der Waals surface area (Å²) in [5, 5.41) is 8.72. The van der Waals surface area contributed by atoms with Crippen LogP contribution in [0.4, 0.5) is 5.69 Å². The topological polar surface area (TPSA) is 41.5 Å². The number of nitrogens with zero attached hydrogens (tertiary/aromatic N) is 4. The van der Waals surface area contributed by atoms with Crippen LogP contribution in [0.3, 0.4) is 0 Å². The Kier molecular flexibility index (Phi) is 5.12. The van der Waals surface area contributed by atoms with E-state index >= 15 is 0 Å². The number of halogens is 1. The fourth-order valence-electron chi connectivity index (χ4n) is 5.79. The molecule has 0 N–H and O–H groups in total. The van der Waals surface area contributed by atoms with Crippen LogP contribution in [-0.2, 0) is 0 Å². The maximum absolute atomic E-state index is 6.26. The number of piperidine rings is 1. The lowest BCUT2D eigenvalue weighted by Crippen LogP contribution is -2.56. The number of ether oxygens (including phenoxy) is 1. The first-order chi connectivity index (χ1) is 14.2. The molecule has 6 heteroatoms. The minimum Gasteiger partial charge on any atom is -0.496 e. The monoisotopic (exact) mass is 412 g/mol. The molecule has 2 aliphatic heterocycles. The van der Waals surface area contributed by atoms with E-state index in [2.05, 4.69) is 32.1 Å². The molecular weight excluding hydrogens is 384 g/mol. The van der Waals surface area contributed by atoms with Gasteiger partial charge in [-0.25, -0.2) is 0 Å². The molecule has 29 heavy (non-hydrogen) atoms. The van der Waals surface area contributed by atoms with Crippen molar-refractivity contribution in [3.8, 4) is 5.75 Å². The van der Waals surface area contributed by atoms with Crippen molar-refractivity contribution in [2.45, 2.75) is 44.1 Å². The van der Waals surface area contributed by atoms with Gasteiger partial charge in [-0.15, -0.1) is 0 Å². The summed E-state index contributed by atoms with van der Waals surface area (Å²) in [5.74, 6) is 1.53. The van der Waals surface area contributed by atoms with Gasteiger partial charge in [-0.1, -0.05) is 11.6 Å². The Morgan fingerprint density at radius 3 is 2.66 bits per heavy atom. The van der Waals surface area contributed by atoms with Gasteiger partial charge in [0, 0.05) is 29.6 Å². The molecule has 1 saturated carbocycles. The first-order valence-corrected chi connectivity index (χ1v) is 11.1. The molecule has 2 aromatic rings. The first-order valence-electron chi connectivity index (χ1n) is 10.7. The van der Waals surface area contributed by atoms with Crippen LogP contribution in [0, 0.1) is 5.41 Å². The molecule has 0 bridgehead atoms.